The predicted molar refractivity (Wildman–Crippen MR) is 148 cm³/mol. The topological polar surface area (TPSA) is 97.0 Å². The summed E-state index contributed by atoms with van der Waals surface area (Å²) in [5, 5.41) is 3.88. The van der Waals surface area contributed by atoms with Gasteiger partial charge in [0.25, 0.3) is 0 Å². The maximum Gasteiger partial charge on any atom is 0.356 e. The van der Waals surface area contributed by atoms with Crippen LogP contribution >= 0.6 is 11.8 Å². The van der Waals surface area contributed by atoms with Crippen molar-refractivity contribution in [1.82, 2.24) is 20.3 Å². The number of thioether (sulfide) groups is 1. The number of carbonyl (C=O) groups is 2. The van der Waals surface area contributed by atoms with Gasteiger partial charge in [0, 0.05) is 11.9 Å². The molecule has 0 unspecified atom stereocenters. The molecule has 0 saturated heterocycles. The lowest BCUT2D eigenvalue weighted by Crippen LogP contribution is -2.44. The van der Waals surface area contributed by atoms with E-state index in [1.165, 1.54) is 6.20 Å². The molecule has 2 N–H and O–H groups in total. The number of benzene rings is 2. The molecule has 0 saturated carbocycles. The van der Waals surface area contributed by atoms with Gasteiger partial charge in [-0.05, 0) is 54.2 Å². The average Bonchev–Trinajstić information content (AvgIpc) is 3.54. The van der Waals surface area contributed by atoms with Crippen LogP contribution in [0.2, 0.25) is 0 Å². The number of ether oxygens (including phenoxy) is 1. The fourth-order valence-corrected chi connectivity index (χ4v) is 5.98. The van der Waals surface area contributed by atoms with Crippen molar-refractivity contribution in [2.45, 2.75) is 43.3 Å². The average molecular weight is 527 g/mol. The zero-order valence-corrected chi connectivity index (χ0v) is 22.1. The second-order valence-corrected chi connectivity index (χ2v) is 10.2. The van der Waals surface area contributed by atoms with Gasteiger partial charge in [-0.3, -0.25) is 9.78 Å². The SMILES string of the molecule is CCOC(=O)c1cnc(SCCCCC2(C(=O)NCc3ccccn3)c3ccccc3-c3ccccc32)[nH]1. The maximum atomic E-state index is 14.1. The molecular weight excluding hydrogens is 496 g/mol. The summed E-state index contributed by atoms with van der Waals surface area (Å²) in [4.78, 5) is 37.6. The van der Waals surface area contributed by atoms with Gasteiger partial charge in [-0.1, -0.05) is 72.8 Å². The molecule has 1 aliphatic rings. The first kappa shape index (κ1) is 25.7. The second-order valence-electron chi connectivity index (χ2n) is 9.13. The summed E-state index contributed by atoms with van der Waals surface area (Å²) in [6.07, 6.45) is 5.66. The van der Waals surface area contributed by atoms with Crippen LogP contribution in [0.25, 0.3) is 11.1 Å². The molecule has 0 fully saturated rings. The number of nitrogens with one attached hydrogen (secondary N) is 2. The Morgan fingerprint density at radius 1 is 0.947 bits per heavy atom. The number of fused-ring (bicyclic) bond motifs is 3. The maximum absolute atomic E-state index is 14.1. The molecule has 2 aromatic carbocycles. The molecule has 1 amide bonds. The number of nitrogens with zero attached hydrogens (tertiary/aromatic N) is 2. The Hall–Kier alpha value is -3.91. The largest absolute Gasteiger partial charge is 0.461 e. The lowest BCUT2D eigenvalue weighted by molar-refractivity contribution is -0.125. The third kappa shape index (κ3) is 5.09. The lowest BCUT2D eigenvalue weighted by atomic mass is 9.73. The molecule has 0 aliphatic heterocycles. The van der Waals surface area contributed by atoms with Crippen molar-refractivity contribution < 1.29 is 14.3 Å². The van der Waals surface area contributed by atoms with Crippen LogP contribution in [-0.2, 0) is 21.5 Å². The summed E-state index contributed by atoms with van der Waals surface area (Å²) < 4.78 is 5.02. The first-order valence-corrected chi connectivity index (χ1v) is 13.8. The van der Waals surface area contributed by atoms with Crippen LogP contribution < -0.4 is 5.32 Å². The van der Waals surface area contributed by atoms with Crippen molar-refractivity contribution in [1.29, 1.82) is 0 Å². The highest BCUT2D eigenvalue weighted by atomic mass is 32.2. The van der Waals surface area contributed by atoms with E-state index in [2.05, 4.69) is 44.5 Å². The normalized spacial score (nSPS) is 13.0. The highest BCUT2D eigenvalue weighted by Crippen LogP contribution is 2.51. The summed E-state index contributed by atoms with van der Waals surface area (Å²) >= 11 is 1.56. The Balaban J connectivity index is 1.32. The molecule has 2 aromatic heterocycles. The summed E-state index contributed by atoms with van der Waals surface area (Å²) in [5.41, 5.74) is 4.76. The first-order valence-electron chi connectivity index (χ1n) is 12.9. The smallest absolute Gasteiger partial charge is 0.356 e. The van der Waals surface area contributed by atoms with Crippen LogP contribution in [0, 0.1) is 0 Å². The summed E-state index contributed by atoms with van der Waals surface area (Å²) in [6.45, 7) is 2.48. The third-order valence-electron chi connectivity index (χ3n) is 6.84. The summed E-state index contributed by atoms with van der Waals surface area (Å²) in [5.74, 6) is 0.410. The molecule has 1 aliphatic carbocycles. The molecule has 0 atom stereocenters. The molecule has 4 aromatic rings. The Labute approximate surface area is 226 Å². The van der Waals surface area contributed by atoms with E-state index in [1.54, 1.807) is 24.9 Å². The van der Waals surface area contributed by atoms with Gasteiger partial charge in [-0.2, -0.15) is 0 Å². The first-order chi connectivity index (χ1) is 18.6. The van der Waals surface area contributed by atoms with Crippen molar-refractivity contribution >= 4 is 23.6 Å². The van der Waals surface area contributed by atoms with E-state index in [9.17, 15) is 9.59 Å². The van der Waals surface area contributed by atoms with Crippen molar-refractivity contribution in [3.8, 4) is 11.1 Å². The quantitative estimate of drug-likeness (QED) is 0.152. The summed E-state index contributed by atoms with van der Waals surface area (Å²) in [7, 11) is 0. The van der Waals surface area contributed by atoms with Crippen molar-refractivity contribution in [3.05, 3.63) is 102 Å². The number of hydrogen-bond acceptors (Lipinski definition) is 6. The number of amides is 1. The van der Waals surface area contributed by atoms with Crippen molar-refractivity contribution in [2.75, 3.05) is 12.4 Å². The van der Waals surface area contributed by atoms with Gasteiger partial charge in [-0.25, -0.2) is 9.78 Å². The monoisotopic (exact) mass is 526 g/mol. The molecule has 0 spiro atoms. The number of imidazole rings is 1. The number of aromatic nitrogens is 3. The van der Waals surface area contributed by atoms with Crippen LogP contribution in [-0.4, -0.2) is 39.2 Å². The van der Waals surface area contributed by atoms with E-state index < -0.39 is 11.4 Å². The number of carbonyl (C=O) groups excluding carboxylic acids is 2. The number of esters is 1. The minimum atomic E-state index is -0.769. The van der Waals surface area contributed by atoms with E-state index in [4.69, 9.17) is 4.74 Å². The van der Waals surface area contributed by atoms with Gasteiger partial charge in [-0.15, -0.1) is 0 Å². The Kier molecular flexibility index (Phi) is 7.89. The molecule has 7 nitrogen and oxygen atoms in total. The van der Waals surface area contributed by atoms with E-state index in [0.717, 1.165) is 46.5 Å². The van der Waals surface area contributed by atoms with Gasteiger partial charge in [0.2, 0.25) is 5.91 Å². The van der Waals surface area contributed by atoms with Gasteiger partial charge in [0.1, 0.15) is 11.1 Å². The fourth-order valence-electron chi connectivity index (χ4n) is 5.13. The van der Waals surface area contributed by atoms with Gasteiger partial charge in [0.05, 0.1) is 25.0 Å². The minimum Gasteiger partial charge on any atom is -0.461 e. The number of pyridine rings is 1. The van der Waals surface area contributed by atoms with E-state index in [0.29, 0.717) is 30.4 Å². The molecule has 5 rings (SSSR count). The Morgan fingerprint density at radius 2 is 1.66 bits per heavy atom. The molecule has 0 bridgehead atoms. The van der Waals surface area contributed by atoms with Gasteiger partial charge in [0.15, 0.2) is 5.16 Å². The fraction of sp³-hybridized carbons (Fsp3) is 0.267. The molecule has 38 heavy (non-hydrogen) atoms. The van der Waals surface area contributed by atoms with Crippen LogP contribution in [0.4, 0.5) is 0 Å². The minimum absolute atomic E-state index is 0.00156. The molecule has 0 radical (unpaired) electrons. The highest BCUT2D eigenvalue weighted by molar-refractivity contribution is 7.99. The second kappa shape index (κ2) is 11.6. The van der Waals surface area contributed by atoms with E-state index >= 15 is 0 Å². The Morgan fingerprint density at radius 3 is 2.34 bits per heavy atom. The number of H-pyrrole nitrogens is 1. The molecule has 194 valence electrons. The van der Waals surface area contributed by atoms with Crippen LogP contribution in [0.3, 0.4) is 0 Å². The van der Waals surface area contributed by atoms with Crippen molar-refractivity contribution in [2.24, 2.45) is 0 Å². The zero-order chi connectivity index (χ0) is 26.4. The van der Waals surface area contributed by atoms with E-state index in [-0.39, 0.29) is 5.91 Å². The van der Waals surface area contributed by atoms with E-state index in [1.807, 2.05) is 42.5 Å². The van der Waals surface area contributed by atoms with Crippen LogP contribution in [0.5, 0.6) is 0 Å². The molecular formula is C30H30N4O3S. The number of rotatable bonds is 11. The number of aromatic amines is 1. The molecule has 8 heteroatoms. The van der Waals surface area contributed by atoms with Crippen LogP contribution in [0.1, 0.15) is 53.5 Å². The highest BCUT2D eigenvalue weighted by Gasteiger charge is 2.48. The lowest BCUT2D eigenvalue weighted by Gasteiger charge is -2.31. The Bertz CT molecular complexity index is 1370. The zero-order valence-electron chi connectivity index (χ0n) is 21.3. The van der Waals surface area contributed by atoms with Gasteiger partial charge < -0.3 is 15.0 Å². The molecule has 2 heterocycles. The standard InChI is InChI=1S/C30H30N4O3S/c1-2-37-27(35)26-20-33-29(34-26)38-18-10-8-16-30(28(36)32-19-21-11-7-9-17-31-21)24-14-5-3-12-22(24)23-13-4-6-15-25(23)30/h3-7,9,11-15,17,20H,2,8,10,16,18-19H2,1H3,(H,32,36)(H,33,34). The van der Waals surface area contributed by atoms with Crippen LogP contribution in [0.15, 0.2) is 84.3 Å². The third-order valence-corrected chi connectivity index (χ3v) is 7.81. The predicted octanol–water partition coefficient (Wildman–Crippen LogP) is 5.53. The number of hydrogen-bond donors (Lipinski definition) is 2. The summed E-state index contributed by atoms with van der Waals surface area (Å²) in [6, 6.07) is 22.2. The van der Waals surface area contributed by atoms with Crippen molar-refractivity contribution in [3.63, 3.8) is 0 Å². The number of unbranched alkanes of at least 4 members (excludes halogenated alkanes) is 1. The van der Waals surface area contributed by atoms with Gasteiger partial charge >= 0.3 is 5.97 Å².